The molecule has 96 valence electrons. The molecular weight excluding hydrogens is 226 g/mol. The molecule has 0 spiro atoms. The number of nitrogens with one attached hydrogen (secondary N) is 1. The highest BCUT2D eigenvalue weighted by Crippen LogP contribution is 2.33. The molecule has 0 saturated heterocycles. The average Bonchev–Trinajstić information content (AvgIpc) is 2.65. The van der Waals surface area contributed by atoms with Gasteiger partial charge in [0.05, 0.1) is 6.20 Å². The number of hydrogen-bond acceptors (Lipinski definition) is 2. The van der Waals surface area contributed by atoms with Crippen LogP contribution in [0.15, 0.2) is 11.0 Å². The van der Waals surface area contributed by atoms with E-state index in [-0.39, 0.29) is 5.56 Å². The van der Waals surface area contributed by atoms with Gasteiger partial charge in [-0.15, -0.1) is 0 Å². The molecule has 0 amide bonds. The van der Waals surface area contributed by atoms with E-state index >= 15 is 0 Å². The summed E-state index contributed by atoms with van der Waals surface area (Å²) in [5.41, 5.74) is 3.16. The van der Waals surface area contributed by atoms with Gasteiger partial charge in [0.25, 0.3) is 5.56 Å². The third kappa shape index (κ3) is 1.59. The topological polar surface area (TPSA) is 50.7 Å². The summed E-state index contributed by atoms with van der Waals surface area (Å²) in [6.07, 6.45) is 8.01. The van der Waals surface area contributed by atoms with Crippen LogP contribution in [0.4, 0.5) is 0 Å². The minimum atomic E-state index is -0.0609. The van der Waals surface area contributed by atoms with Gasteiger partial charge in [-0.3, -0.25) is 4.79 Å². The SMILES string of the molecule is Cc1c(C)n(C2CCCCC2)c2c(=O)[nH]ncc12. The third-order valence-corrected chi connectivity index (χ3v) is 4.32. The summed E-state index contributed by atoms with van der Waals surface area (Å²) < 4.78 is 2.25. The highest BCUT2D eigenvalue weighted by atomic mass is 16.1. The van der Waals surface area contributed by atoms with E-state index in [2.05, 4.69) is 28.6 Å². The summed E-state index contributed by atoms with van der Waals surface area (Å²) in [4.78, 5) is 12.1. The van der Waals surface area contributed by atoms with E-state index in [0.717, 1.165) is 10.9 Å². The first-order valence-electron chi connectivity index (χ1n) is 6.75. The monoisotopic (exact) mass is 245 g/mol. The fraction of sp³-hybridized carbons (Fsp3) is 0.571. The number of hydrogen-bond donors (Lipinski definition) is 1. The van der Waals surface area contributed by atoms with Gasteiger partial charge in [0.15, 0.2) is 0 Å². The Morgan fingerprint density at radius 2 is 2.00 bits per heavy atom. The molecule has 4 nitrogen and oxygen atoms in total. The number of aryl methyl sites for hydroxylation is 1. The number of fused-ring (bicyclic) bond motifs is 1. The van der Waals surface area contributed by atoms with Crippen molar-refractivity contribution in [2.24, 2.45) is 0 Å². The predicted octanol–water partition coefficient (Wildman–Crippen LogP) is 2.85. The summed E-state index contributed by atoms with van der Waals surface area (Å²) in [7, 11) is 0. The molecule has 18 heavy (non-hydrogen) atoms. The lowest BCUT2D eigenvalue weighted by atomic mass is 9.95. The maximum atomic E-state index is 12.1. The van der Waals surface area contributed by atoms with Crippen molar-refractivity contribution in [1.29, 1.82) is 0 Å². The highest BCUT2D eigenvalue weighted by Gasteiger charge is 2.22. The van der Waals surface area contributed by atoms with Gasteiger partial charge in [0.2, 0.25) is 0 Å². The van der Waals surface area contributed by atoms with Gasteiger partial charge in [-0.05, 0) is 32.3 Å². The third-order valence-electron chi connectivity index (χ3n) is 4.32. The van der Waals surface area contributed by atoms with Crippen molar-refractivity contribution in [3.8, 4) is 0 Å². The van der Waals surface area contributed by atoms with E-state index in [4.69, 9.17) is 0 Å². The first-order valence-corrected chi connectivity index (χ1v) is 6.75. The molecule has 1 fully saturated rings. The lowest BCUT2D eigenvalue weighted by Crippen LogP contribution is -2.19. The van der Waals surface area contributed by atoms with Gasteiger partial charge in [-0.1, -0.05) is 19.3 Å². The number of aromatic nitrogens is 3. The van der Waals surface area contributed by atoms with Crippen molar-refractivity contribution in [2.45, 2.75) is 52.0 Å². The average molecular weight is 245 g/mol. The van der Waals surface area contributed by atoms with Crippen LogP contribution in [0.5, 0.6) is 0 Å². The second-order valence-corrected chi connectivity index (χ2v) is 5.33. The van der Waals surface area contributed by atoms with Gasteiger partial charge in [0, 0.05) is 17.1 Å². The molecule has 0 atom stereocenters. The molecule has 1 saturated carbocycles. The predicted molar refractivity (Wildman–Crippen MR) is 71.9 cm³/mol. The summed E-state index contributed by atoms with van der Waals surface area (Å²) in [5.74, 6) is 0. The molecule has 2 aromatic rings. The summed E-state index contributed by atoms with van der Waals surface area (Å²) in [6.45, 7) is 4.20. The van der Waals surface area contributed by atoms with Crippen molar-refractivity contribution in [3.05, 3.63) is 27.8 Å². The minimum absolute atomic E-state index is 0.0609. The second kappa shape index (κ2) is 4.26. The Kier molecular flexibility index (Phi) is 2.73. The lowest BCUT2D eigenvalue weighted by Gasteiger charge is -2.25. The molecular formula is C14H19N3O. The Morgan fingerprint density at radius 1 is 1.28 bits per heavy atom. The zero-order valence-corrected chi connectivity index (χ0v) is 11.0. The molecule has 1 N–H and O–H groups in total. The Bertz CT molecular complexity index is 632. The van der Waals surface area contributed by atoms with Crippen LogP contribution in [0.1, 0.15) is 49.4 Å². The zero-order valence-electron chi connectivity index (χ0n) is 11.0. The van der Waals surface area contributed by atoms with Crippen LogP contribution < -0.4 is 5.56 Å². The van der Waals surface area contributed by atoms with Crippen LogP contribution in [-0.4, -0.2) is 14.8 Å². The fourth-order valence-electron chi connectivity index (χ4n) is 3.24. The molecule has 0 aromatic carbocycles. The van der Waals surface area contributed by atoms with Crippen molar-refractivity contribution in [3.63, 3.8) is 0 Å². The first-order chi connectivity index (χ1) is 8.70. The van der Waals surface area contributed by atoms with E-state index in [9.17, 15) is 4.79 Å². The van der Waals surface area contributed by atoms with Crippen LogP contribution in [0.3, 0.4) is 0 Å². The van der Waals surface area contributed by atoms with Crippen LogP contribution in [0, 0.1) is 13.8 Å². The smallest absolute Gasteiger partial charge is 0.288 e. The maximum Gasteiger partial charge on any atom is 0.288 e. The standard InChI is InChI=1S/C14H19N3O/c1-9-10(2)17(11-6-4-3-5-7-11)13-12(9)8-15-16-14(13)18/h8,11H,3-7H2,1-2H3,(H,16,18). The van der Waals surface area contributed by atoms with E-state index in [1.165, 1.54) is 43.4 Å². The molecule has 0 radical (unpaired) electrons. The summed E-state index contributed by atoms with van der Waals surface area (Å²) in [5, 5.41) is 7.49. The maximum absolute atomic E-state index is 12.1. The van der Waals surface area contributed by atoms with Crippen molar-refractivity contribution in [2.75, 3.05) is 0 Å². The van der Waals surface area contributed by atoms with Gasteiger partial charge in [-0.2, -0.15) is 5.10 Å². The Morgan fingerprint density at radius 3 is 2.72 bits per heavy atom. The molecule has 4 heteroatoms. The van der Waals surface area contributed by atoms with Gasteiger partial charge in [0.1, 0.15) is 5.52 Å². The van der Waals surface area contributed by atoms with E-state index < -0.39 is 0 Å². The molecule has 2 heterocycles. The normalized spacial score (nSPS) is 17.4. The number of nitrogens with zero attached hydrogens (tertiary/aromatic N) is 2. The first kappa shape index (κ1) is 11.5. The molecule has 1 aliphatic carbocycles. The van der Waals surface area contributed by atoms with Crippen LogP contribution in [0.2, 0.25) is 0 Å². The number of rotatable bonds is 1. The second-order valence-electron chi connectivity index (χ2n) is 5.33. The zero-order chi connectivity index (χ0) is 12.7. The van der Waals surface area contributed by atoms with E-state index in [1.807, 2.05) is 0 Å². The highest BCUT2D eigenvalue weighted by molar-refractivity contribution is 5.83. The lowest BCUT2D eigenvalue weighted by molar-refractivity contribution is 0.356. The quantitative estimate of drug-likeness (QED) is 0.840. The molecule has 0 unspecified atom stereocenters. The van der Waals surface area contributed by atoms with Crippen molar-refractivity contribution >= 4 is 10.9 Å². The Labute approximate surface area is 106 Å². The molecule has 0 aliphatic heterocycles. The molecule has 0 bridgehead atoms. The van der Waals surface area contributed by atoms with Gasteiger partial charge >= 0.3 is 0 Å². The van der Waals surface area contributed by atoms with Crippen molar-refractivity contribution < 1.29 is 0 Å². The van der Waals surface area contributed by atoms with Crippen LogP contribution >= 0.6 is 0 Å². The van der Waals surface area contributed by atoms with Crippen LogP contribution in [0.25, 0.3) is 10.9 Å². The van der Waals surface area contributed by atoms with Crippen LogP contribution in [-0.2, 0) is 0 Å². The summed E-state index contributed by atoms with van der Waals surface area (Å²) >= 11 is 0. The van der Waals surface area contributed by atoms with Gasteiger partial charge in [-0.25, -0.2) is 5.10 Å². The summed E-state index contributed by atoms with van der Waals surface area (Å²) in [6, 6.07) is 0.485. The van der Waals surface area contributed by atoms with E-state index in [1.54, 1.807) is 6.20 Å². The fourth-order valence-corrected chi connectivity index (χ4v) is 3.24. The van der Waals surface area contributed by atoms with Crippen molar-refractivity contribution in [1.82, 2.24) is 14.8 Å². The number of H-pyrrole nitrogens is 1. The Balaban J connectivity index is 2.27. The molecule has 1 aliphatic rings. The number of aromatic amines is 1. The molecule has 3 rings (SSSR count). The minimum Gasteiger partial charge on any atom is -0.337 e. The molecule has 2 aromatic heterocycles. The van der Waals surface area contributed by atoms with E-state index in [0.29, 0.717) is 6.04 Å². The van der Waals surface area contributed by atoms with Gasteiger partial charge < -0.3 is 4.57 Å². The largest absolute Gasteiger partial charge is 0.337 e. The Hall–Kier alpha value is -1.58.